The summed E-state index contributed by atoms with van der Waals surface area (Å²) in [4.78, 5) is 0. The fraction of sp³-hybridized carbons (Fsp3) is 0.769. The van der Waals surface area contributed by atoms with Crippen molar-refractivity contribution in [1.82, 2.24) is 0 Å². The van der Waals surface area contributed by atoms with Crippen LogP contribution in [0.3, 0.4) is 0 Å². The van der Waals surface area contributed by atoms with E-state index in [1.165, 1.54) is 25.7 Å². The van der Waals surface area contributed by atoms with E-state index in [0.29, 0.717) is 0 Å². The Morgan fingerprint density at radius 2 is 0.875 bits per heavy atom. The summed E-state index contributed by atoms with van der Waals surface area (Å²) in [6.07, 6.45) is 5.95. The van der Waals surface area contributed by atoms with E-state index in [0.717, 1.165) is 5.92 Å². The SMILES string of the molecule is CC.CC.CC1CCCC1.[C-]#[O+].[C-]#[O+].[C-]#[O+]. The van der Waals surface area contributed by atoms with E-state index in [-0.39, 0.29) is 0 Å². The third kappa shape index (κ3) is 51.0. The molecule has 0 aromatic heterocycles. The van der Waals surface area contributed by atoms with Crippen LogP contribution in [0.15, 0.2) is 0 Å². The van der Waals surface area contributed by atoms with E-state index in [9.17, 15) is 0 Å². The monoisotopic (exact) mass is 228 g/mol. The van der Waals surface area contributed by atoms with Gasteiger partial charge < -0.3 is 0 Å². The Kier molecular flexibility index (Phi) is 118. The van der Waals surface area contributed by atoms with E-state index in [2.05, 4.69) is 26.9 Å². The summed E-state index contributed by atoms with van der Waals surface area (Å²) in [5, 5.41) is 0. The van der Waals surface area contributed by atoms with Gasteiger partial charge in [0.25, 0.3) is 0 Å². The summed E-state index contributed by atoms with van der Waals surface area (Å²) in [6.45, 7) is 23.8. The molecule has 1 aliphatic rings. The number of hydrogen-bond donors (Lipinski definition) is 0. The fourth-order valence-electron chi connectivity index (χ4n) is 1.13. The minimum atomic E-state index is 1.05. The van der Waals surface area contributed by atoms with Crippen LogP contribution in [-0.4, -0.2) is 0 Å². The third-order valence-electron chi connectivity index (χ3n) is 1.64. The molecule has 16 heavy (non-hydrogen) atoms. The van der Waals surface area contributed by atoms with Crippen LogP contribution in [0, 0.1) is 25.9 Å². The topological polar surface area (TPSA) is 59.7 Å². The standard InChI is InChI=1S/C6H12.2C2H6.3CO/c1-6-4-2-3-5-6;5*1-2/h6H,2-5H2,1H3;2*1-2H3;;;. The van der Waals surface area contributed by atoms with Crippen LogP contribution < -0.4 is 0 Å². The predicted molar refractivity (Wildman–Crippen MR) is 62.1 cm³/mol. The summed E-state index contributed by atoms with van der Waals surface area (Å²) < 4.78 is 22.5. The van der Waals surface area contributed by atoms with Gasteiger partial charge in [0.1, 0.15) is 0 Å². The second-order valence-electron chi connectivity index (χ2n) is 2.39. The molecule has 1 aliphatic carbocycles. The van der Waals surface area contributed by atoms with Crippen LogP contribution in [0.5, 0.6) is 0 Å². The molecule has 0 aliphatic heterocycles. The normalized spacial score (nSPS) is 10.7. The first-order valence-electron chi connectivity index (χ1n) is 5.51. The summed E-state index contributed by atoms with van der Waals surface area (Å²) in [5.74, 6) is 1.05. The molecule has 1 fully saturated rings. The fourth-order valence-corrected chi connectivity index (χ4v) is 1.13. The Bertz CT molecular complexity index is 105. The number of rotatable bonds is 0. The maximum absolute atomic E-state index is 7.50. The van der Waals surface area contributed by atoms with Crippen LogP contribution in [0.25, 0.3) is 0 Å². The zero-order chi connectivity index (χ0) is 14.4. The van der Waals surface area contributed by atoms with Gasteiger partial charge in [0, 0.05) is 0 Å². The Balaban J connectivity index is -0.0000000351. The van der Waals surface area contributed by atoms with Gasteiger partial charge in [-0.2, -0.15) is 0 Å². The predicted octanol–water partition coefficient (Wildman–Crippen LogP) is 4.14. The molecular weight excluding hydrogens is 204 g/mol. The van der Waals surface area contributed by atoms with Gasteiger partial charge in [-0.05, 0) is 5.92 Å². The molecule has 1 saturated carbocycles. The van der Waals surface area contributed by atoms with Crippen LogP contribution in [0.1, 0.15) is 60.3 Å². The summed E-state index contributed by atoms with van der Waals surface area (Å²) in [7, 11) is 0. The van der Waals surface area contributed by atoms with E-state index in [4.69, 9.17) is 14.0 Å². The van der Waals surface area contributed by atoms with Crippen molar-refractivity contribution in [1.29, 1.82) is 0 Å². The first-order chi connectivity index (χ1) is 7.89. The van der Waals surface area contributed by atoms with E-state index < -0.39 is 0 Å². The average Bonchev–Trinajstić information content (AvgIpc) is 2.92. The summed E-state index contributed by atoms with van der Waals surface area (Å²) >= 11 is 0. The number of hydrogen-bond acceptors (Lipinski definition) is 0. The van der Waals surface area contributed by atoms with Crippen molar-refractivity contribution in [2.75, 3.05) is 0 Å². The van der Waals surface area contributed by atoms with E-state index in [1.54, 1.807) is 0 Å². The molecule has 0 saturated heterocycles. The van der Waals surface area contributed by atoms with Crippen LogP contribution in [0.2, 0.25) is 0 Å². The first kappa shape index (κ1) is 29.5. The van der Waals surface area contributed by atoms with Crippen molar-refractivity contribution < 1.29 is 14.0 Å². The molecule has 0 aromatic carbocycles. The Morgan fingerprint density at radius 1 is 0.688 bits per heavy atom. The van der Waals surface area contributed by atoms with Crippen molar-refractivity contribution >= 4 is 0 Å². The van der Waals surface area contributed by atoms with Gasteiger partial charge in [0.15, 0.2) is 0 Å². The molecule has 0 heterocycles. The quantitative estimate of drug-likeness (QED) is 0.442. The van der Waals surface area contributed by atoms with Crippen molar-refractivity contribution in [3.8, 4) is 0 Å². The first-order valence-corrected chi connectivity index (χ1v) is 5.51. The van der Waals surface area contributed by atoms with Crippen molar-refractivity contribution in [2.45, 2.75) is 60.3 Å². The second kappa shape index (κ2) is 64.2. The molecule has 0 spiro atoms. The van der Waals surface area contributed by atoms with Crippen LogP contribution in [0.4, 0.5) is 0 Å². The Hall–Kier alpha value is -0.780. The van der Waals surface area contributed by atoms with Gasteiger partial charge in [0.05, 0.1) is 0 Å². The van der Waals surface area contributed by atoms with Gasteiger partial charge in [-0.15, -0.1) is 0 Å². The molecule has 0 amide bonds. The van der Waals surface area contributed by atoms with E-state index in [1.807, 2.05) is 27.7 Å². The molecule has 3 heteroatoms. The molecule has 94 valence electrons. The second-order valence-corrected chi connectivity index (χ2v) is 2.39. The Morgan fingerprint density at radius 3 is 0.938 bits per heavy atom. The van der Waals surface area contributed by atoms with E-state index >= 15 is 0 Å². The zero-order valence-corrected chi connectivity index (χ0v) is 11.1. The van der Waals surface area contributed by atoms with Crippen molar-refractivity contribution in [3.63, 3.8) is 0 Å². The zero-order valence-electron chi connectivity index (χ0n) is 11.1. The van der Waals surface area contributed by atoms with Gasteiger partial charge in [-0.1, -0.05) is 60.3 Å². The molecule has 0 radical (unpaired) electrons. The van der Waals surface area contributed by atoms with Gasteiger partial charge in [-0.25, -0.2) is 0 Å². The molecular formula is C13H24O3. The molecule has 3 nitrogen and oxygen atoms in total. The molecule has 0 N–H and O–H groups in total. The van der Waals surface area contributed by atoms with Gasteiger partial charge in [-0.3, -0.25) is 0 Å². The molecule has 0 unspecified atom stereocenters. The third-order valence-corrected chi connectivity index (χ3v) is 1.64. The average molecular weight is 228 g/mol. The van der Waals surface area contributed by atoms with Crippen LogP contribution >= 0.6 is 0 Å². The van der Waals surface area contributed by atoms with Gasteiger partial charge >= 0.3 is 33.9 Å². The molecule has 1 rings (SSSR count). The summed E-state index contributed by atoms with van der Waals surface area (Å²) in [5.41, 5.74) is 0. The summed E-state index contributed by atoms with van der Waals surface area (Å²) in [6, 6.07) is 0. The van der Waals surface area contributed by atoms with Crippen molar-refractivity contribution in [2.24, 2.45) is 5.92 Å². The van der Waals surface area contributed by atoms with Crippen LogP contribution in [-0.2, 0) is 14.0 Å². The van der Waals surface area contributed by atoms with Gasteiger partial charge in [0.2, 0.25) is 0 Å². The minimum absolute atomic E-state index is 1.05. The maximum atomic E-state index is 7.50. The molecule has 0 bridgehead atoms. The molecule has 0 aromatic rings. The Labute approximate surface area is 101 Å². The molecule has 0 atom stereocenters. The van der Waals surface area contributed by atoms with Crippen molar-refractivity contribution in [3.05, 3.63) is 20.0 Å².